The molecule has 3 aromatic heterocycles. The standard InChI is InChI=1S/C27H27N5S/c1-17-13-18(2)15-21(14-17)32-26(25(30-27(32)33)23-9-5-7-11-28-23)22-16-19(3)31(20(22)4)24-10-6-8-12-29-24/h5-16,25-26H,1-4H3,(H,30,33)/t25-,26-/m1/s1. The second-order valence-corrected chi connectivity index (χ2v) is 9.08. The van der Waals surface area contributed by atoms with E-state index in [9.17, 15) is 0 Å². The van der Waals surface area contributed by atoms with Gasteiger partial charge >= 0.3 is 0 Å². The summed E-state index contributed by atoms with van der Waals surface area (Å²) in [6, 6.07) is 20.8. The largest absolute Gasteiger partial charge is 0.351 e. The first-order chi connectivity index (χ1) is 15.9. The van der Waals surface area contributed by atoms with Gasteiger partial charge in [0.15, 0.2) is 5.11 Å². The number of thiocarbonyl (C=S) groups is 1. The number of pyridine rings is 2. The van der Waals surface area contributed by atoms with Crippen LogP contribution in [0.4, 0.5) is 5.69 Å². The second kappa shape index (κ2) is 8.45. The monoisotopic (exact) mass is 453 g/mol. The molecule has 166 valence electrons. The van der Waals surface area contributed by atoms with Crippen molar-refractivity contribution in [2.45, 2.75) is 39.8 Å². The zero-order valence-electron chi connectivity index (χ0n) is 19.3. The molecule has 0 unspecified atom stereocenters. The van der Waals surface area contributed by atoms with Crippen LogP contribution in [0.5, 0.6) is 0 Å². The van der Waals surface area contributed by atoms with Crippen LogP contribution in [0.15, 0.2) is 73.1 Å². The van der Waals surface area contributed by atoms with E-state index in [0.717, 1.165) is 28.6 Å². The molecule has 0 amide bonds. The number of benzene rings is 1. The smallest absolute Gasteiger partial charge is 0.174 e. The number of anilines is 1. The molecule has 1 aromatic carbocycles. The predicted octanol–water partition coefficient (Wildman–Crippen LogP) is 5.68. The zero-order chi connectivity index (χ0) is 23.1. The van der Waals surface area contributed by atoms with Gasteiger partial charge in [0, 0.05) is 29.5 Å². The van der Waals surface area contributed by atoms with Crippen LogP contribution in [0.1, 0.15) is 45.9 Å². The maximum Gasteiger partial charge on any atom is 0.174 e. The molecular weight excluding hydrogens is 426 g/mol. The SMILES string of the molecule is Cc1cc(C)cc(N2C(=S)N[C@H](c3ccccn3)[C@H]2c2cc(C)n(-c3ccccn3)c2C)c1. The molecule has 1 fully saturated rings. The minimum atomic E-state index is -0.0720. The Hall–Kier alpha value is -3.51. The third-order valence-electron chi connectivity index (χ3n) is 6.25. The molecule has 0 aliphatic carbocycles. The van der Waals surface area contributed by atoms with E-state index in [-0.39, 0.29) is 12.1 Å². The van der Waals surface area contributed by atoms with Crippen molar-refractivity contribution in [2.75, 3.05) is 4.90 Å². The first-order valence-electron chi connectivity index (χ1n) is 11.1. The maximum atomic E-state index is 5.91. The molecule has 0 bridgehead atoms. The summed E-state index contributed by atoms with van der Waals surface area (Å²) >= 11 is 5.91. The van der Waals surface area contributed by atoms with E-state index < -0.39 is 0 Å². The summed E-state index contributed by atoms with van der Waals surface area (Å²) in [5, 5.41) is 4.28. The zero-order valence-corrected chi connectivity index (χ0v) is 20.1. The van der Waals surface area contributed by atoms with Crippen molar-refractivity contribution in [2.24, 2.45) is 0 Å². The van der Waals surface area contributed by atoms with E-state index in [1.54, 1.807) is 0 Å². The lowest BCUT2D eigenvalue weighted by molar-refractivity contribution is 0.565. The molecule has 1 N–H and O–H groups in total. The van der Waals surface area contributed by atoms with E-state index in [1.807, 2.05) is 42.7 Å². The number of hydrogen-bond donors (Lipinski definition) is 1. The summed E-state index contributed by atoms with van der Waals surface area (Å²) in [5.41, 5.74) is 7.99. The summed E-state index contributed by atoms with van der Waals surface area (Å²) in [6.07, 6.45) is 3.67. The number of rotatable bonds is 4. The molecule has 6 heteroatoms. The van der Waals surface area contributed by atoms with E-state index in [4.69, 9.17) is 12.2 Å². The van der Waals surface area contributed by atoms with Crippen LogP contribution in [-0.2, 0) is 0 Å². The highest BCUT2D eigenvalue weighted by atomic mass is 32.1. The van der Waals surface area contributed by atoms with E-state index in [0.29, 0.717) is 5.11 Å². The molecule has 0 saturated carbocycles. The molecule has 5 nitrogen and oxygen atoms in total. The van der Waals surface area contributed by atoms with Gasteiger partial charge in [-0.05, 0) is 99.1 Å². The van der Waals surface area contributed by atoms with Gasteiger partial charge in [0.05, 0.1) is 17.8 Å². The van der Waals surface area contributed by atoms with Gasteiger partial charge < -0.3 is 14.8 Å². The van der Waals surface area contributed by atoms with Crippen molar-refractivity contribution in [3.63, 3.8) is 0 Å². The lowest BCUT2D eigenvalue weighted by Crippen LogP contribution is -2.29. The van der Waals surface area contributed by atoms with E-state index in [2.05, 4.69) is 82.8 Å². The lowest BCUT2D eigenvalue weighted by atomic mass is 9.96. The predicted molar refractivity (Wildman–Crippen MR) is 137 cm³/mol. The summed E-state index contributed by atoms with van der Waals surface area (Å²) in [4.78, 5) is 11.5. The van der Waals surface area contributed by atoms with Crippen LogP contribution in [-0.4, -0.2) is 19.6 Å². The molecule has 5 rings (SSSR count). The van der Waals surface area contributed by atoms with E-state index in [1.165, 1.54) is 16.7 Å². The van der Waals surface area contributed by atoms with Crippen molar-refractivity contribution in [1.29, 1.82) is 0 Å². The number of nitrogens with one attached hydrogen (secondary N) is 1. The Morgan fingerprint density at radius 2 is 1.55 bits per heavy atom. The Morgan fingerprint density at radius 1 is 0.848 bits per heavy atom. The minimum absolute atomic E-state index is 0.0442. The molecule has 1 aliphatic heterocycles. The molecule has 4 heterocycles. The molecule has 0 radical (unpaired) electrons. The van der Waals surface area contributed by atoms with Crippen molar-refractivity contribution >= 4 is 23.0 Å². The Morgan fingerprint density at radius 3 is 2.18 bits per heavy atom. The van der Waals surface area contributed by atoms with Gasteiger partial charge in [-0.3, -0.25) is 4.98 Å². The fourth-order valence-corrected chi connectivity index (χ4v) is 5.31. The Kier molecular flexibility index (Phi) is 5.46. The van der Waals surface area contributed by atoms with Gasteiger partial charge in [0.2, 0.25) is 0 Å². The average Bonchev–Trinajstić information content (AvgIpc) is 3.29. The van der Waals surface area contributed by atoms with Gasteiger partial charge in [-0.25, -0.2) is 4.98 Å². The number of aryl methyl sites for hydroxylation is 3. The van der Waals surface area contributed by atoms with Crippen LogP contribution in [0.3, 0.4) is 0 Å². The molecule has 1 saturated heterocycles. The molecule has 2 atom stereocenters. The normalized spacial score (nSPS) is 17.9. The quantitative estimate of drug-likeness (QED) is 0.403. The van der Waals surface area contributed by atoms with E-state index >= 15 is 0 Å². The summed E-state index contributed by atoms with van der Waals surface area (Å²) in [6.45, 7) is 8.54. The summed E-state index contributed by atoms with van der Waals surface area (Å²) < 4.78 is 2.21. The van der Waals surface area contributed by atoms with Crippen molar-refractivity contribution < 1.29 is 0 Å². The molecule has 1 aliphatic rings. The molecule has 0 spiro atoms. The van der Waals surface area contributed by atoms with Crippen LogP contribution < -0.4 is 10.2 Å². The van der Waals surface area contributed by atoms with Crippen molar-refractivity contribution in [1.82, 2.24) is 19.9 Å². The summed E-state index contributed by atoms with van der Waals surface area (Å²) in [7, 11) is 0. The fourth-order valence-electron chi connectivity index (χ4n) is 4.96. The van der Waals surface area contributed by atoms with Gasteiger partial charge in [-0.15, -0.1) is 0 Å². The van der Waals surface area contributed by atoms with Gasteiger partial charge in [0.25, 0.3) is 0 Å². The highest BCUT2D eigenvalue weighted by Crippen LogP contribution is 2.44. The highest BCUT2D eigenvalue weighted by Gasteiger charge is 2.42. The first-order valence-corrected chi connectivity index (χ1v) is 11.5. The van der Waals surface area contributed by atoms with Gasteiger partial charge in [0.1, 0.15) is 5.82 Å². The topological polar surface area (TPSA) is 46.0 Å². The highest BCUT2D eigenvalue weighted by molar-refractivity contribution is 7.80. The fraction of sp³-hybridized carbons (Fsp3) is 0.222. The minimum Gasteiger partial charge on any atom is -0.351 e. The van der Waals surface area contributed by atoms with Gasteiger partial charge in [-0.2, -0.15) is 0 Å². The third-order valence-corrected chi connectivity index (χ3v) is 6.56. The van der Waals surface area contributed by atoms with Crippen molar-refractivity contribution in [3.8, 4) is 5.82 Å². The van der Waals surface area contributed by atoms with Crippen LogP contribution >= 0.6 is 12.2 Å². The van der Waals surface area contributed by atoms with Crippen LogP contribution in [0.2, 0.25) is 0 Å². The van der Waals surface area contributed by atoms with Gasteiger partial charge in [-0.1, -0.05) is 18.2 Å². The summed E-state index contributed by atoms with van der Waals surface area (Å²) in [5.74, 6) is 0.916. The van der Waals surface area contributed by atoms with Crippen molar-refractivity contribution in [3.05, 3.63) is 107 Å². The Balaban J connectivity index is 1.70. The Bertz CT molecular complexity index is 1290. The average molecular weight is 454 g/mol. The number of hydrogen-bond acceptors (Lipinski definition) is 3. The Labute approximate surface area is 200 Å². The molecule has 4 aromatic rings. The van der Waals surface area contributed by atoms with Crippen LogP contribution in [0.25, 0.3) is 5.82 Å². The third kappa shape index (κ3) is 3.80. The maximum absolute atomic E-state index is 5.91. The lowest BCUT2D eigenvalue weighted by Gasteiger charge is -2.28. The first kappa shape index (κ1) is 21.3. The number of nitrogens with zero attached hydrogens (tertiary/aromatic N) is 4. The number of aromatic nitrogens is 3. The molecule has 33 heavy (non-hydrogen) atoms. The second-order valence-electron chi connectivity index (χ2n) is 8.69. The molecular formula is C27H27N5S. The van der Waals surface area contributed by atoms with Crippen LogP contribution in [0, 0.1) is 27.7 Å².